The molecule has 1 aromatic rings. The van der Waals surface area contributed by atoms with Gasteiger partial charge in [-0.05, 0) is 31.9 Å². The monoisotopic (exact) mass is 250 g/mol. The normalized spacial score (nSPS) is 23.1. The Kier molecular flexibility index (Phi) is 4.19. The van der Waals surface area contributed by atoms with Gasteiger partial charge in [0.1, 0.15) is 0 Å². The third-order valence-corrected chi connectivity index (χ3v) is 3.77. The number of nitrogens with zero attached hydrogens (tertiary/aromatic N) is 2. The molecular weight excluding hydrogens is 228 g/mol. The van der Waals surface area contributed by atoms with Gasteiger partial charge in [-0.25, -0.2) is 0 Å². The maximum Gasteiger partial charge on any atom is 0.0957 e. The molecule has 1 fully saturated rings. The minimum absolute atomic E-state index is 0.246. The zero-order valence-electron chi connectivity index (χ0n) is 11.1. The molecular formula is C14H22N2O2. The number of hydrogen-bond acceptors (Lipinski definition) is 4. The standard InChI is InChI=1S/C14H22N2O2/c1-3-14(18)13-5-4-12(8-15-13)16-7-6-11(9-16)10(2)17/h4-5,8,10-11,14,17-18H,3,6-7,9H2,1-2H3/t10?,11?,14-/m1/s1. The highest BCUT2D eigenvalue weighted by Gasteiger charge is 2.26. The van der Waals surface area contributed by atoms with Crippen molar-refractivity contribution in [2.24, 2.45) is 5.92 Å². The van der Waals surface area contributed by atoms with Crippen molar-refractivity contribution < 1.29 is 10.2 Å². The van der Waals surface area contributed by atoms with Crippen molar-refractivity contribution >= 4 is 5.69 Å². The number of aliphatic hydroxyl groups excluding tert-OH is 2. The molecule has 2 heterocycles. The zero-order chi connectivity index (χ0) is 13.1. The highest BCUT2D eigenvalue weighted by molar-refractivity contribution is 5.45. The lowest BCUT2D eigenvalue weighted by Gasteiger charge is -2.20. The largest absolute Gasteiger partial charge is 0.393 e. The van der Waals surface area contributed by atoms with Crippen molar-refractivity contribution in [3.05, 3.63) is 24.0 Å². The molecule has 0 aliphatic carbocycles. The number of rotatable bonds is 4. The second-order valence-corrected chi connectivity index (χ2v) is 5.10. The van der Waals surface area contributed by atoms with Gasteiger partial charge in [0.05, 0.1) is 29.8 Å². The van der Waals surface area contributed by atoms with E-state index in [1.165, 1.54) is 0 Å². The van der Waals surface area contributed by atoms with Crippen LogP contribution in [0.25, 0.3) is 0 Å². The summed E-state index contributed by atoms with van der Waals surface area (Å²) in [5.41, 5.74) is 1.80. The molecule has 0 saturated carbocycles. The van der Waals surface area contributed by atoms with Crippen LogP contribution in [0.2, 0.25) is 0 Å². The summed E-state index contributed by atoms with van der Waals surface area (Å²) >= 11 is 0. The Labute approximate surface area is 108 Å². The first-order chi connectivity index (χ1) is 8.61. The summed E-state index contributed by atoms with van der Waals surface area (Å²) in [6.07, 6.45) is 2.81. The molecule has 2 N–H and O–H groups in total. The van der Waals surface area contributed by atoms with E-state index in [-0.39, 0.29) is 6.10 Å². The fourth-order valence-corrected chi connectivity index (χ4v) is 2.41. The Morgan fingerprint density at radius 3 is 2.72 bits per heavy atom. The summed E-state index contributed by atoms with van der Waals surface area (Å²) in [5, 5.41) is 19.3. The summed E-state index contributed by atoms with van der Waals surface area (Å²) in [6, 6.07) is 3.89. The van der Waals surface area contributed by atoms with E-state index in [0.717, 1.165) is 30.9 Å². The van der Waals surface area contributed by atoms with Crippen LogP contribution >= 0.6 is 0 Å². The van der Waals surface area contributed by atoms with E-state index in [1.54, 1.807) is 0 Å². The van der Waals surface area contributed by atoms with Crippen molar-refractivity contribution in [2.75, 3.05) is 18.0 Å². The molecule has 1 aliphatic rings. The van der Waals surface area contributed by atoms with Crippen molar-refractivity contribution in [2.45, 2.75) is 38.9 Å². The van der Waals surface area contributed by atoms with E-state index >= 15 is 0 Å². The predicted molar refractivity (Wildman–Crippen MR) is 71.5 cm³/mol. The number of hydrogen-bond donors (Lipinski definition) is 2. The Hall–Kier alpha value is -1.13. The van der Waals surface area contributed by atoms with Gasteiger partial charge in [-0.15, -0.1) is 0 Å². The average Bonchev–Trinajstić information content (AvgIpc) is 2.88. The van der Waals surface area contributed by atoms with Crippen LogP contribution in [0.5, 0.6) is 0 Å². The van der Waals surface area contributed by atoms with Gasteiger partial charge in [0.2, 0.25) is 0 Å². The van der Waals surface area contributed by atoms with E-state index < -0.39 is 6.10 Å². The number of pyridine rings is 1. The molecule has 0 spiro atoms. The molecule has 100 valence electrons. The third-order valence-electron chi connectivity index (χ3n) is 3.77. The third kappa shape index (κ3) is 2.82. The topological polar surface area (TPSA) is 56.6 Å². The highest BCUT2D eigenvalue weighted by Crippen LogP contribution is 2.26. The van der Waals surface area contributed by atoms with Crippen LogP contribution in [0.1, 0.15) is 38.5 Å². The van der Waals surface area contributed by atoms with Crippen molar-refractivity contribution in [3.8, 4) is 0 Å². The Balaban J connectivity index is 2.02. The van der Waals surface area contributed by atoms with Gasteiger partial charge in [-0.3, -0.25) is 4.98 Å². The molecule has 0 bridgehead atoms. The first-order valence-electron chi connectivity index (χ1n) is 6.68. The van der Waals surface area contributed by atoms with Crippen LogP contribution in [0.15, 0.2) is 18.3 Å². The fourth-order valence-electron chi connectivity index (χ4n) is 2.41. The van der Waals surface area contributed by atoms with Gasteiger partial charge in [0.15, 0.2) is 0 Å². The molecule has 1 aromatic heterocycles. The van der Waals surface area contributed by atoms with E-state index in [1.807, 2.05) is 32.2 Å². The van der Waals surface area contributed by atoms with Gasteiger partial charge in [-0.2, -0.15) is 0 Å². The van der Waals surface area contributed by atoms with Crippen LogP contribution in [0.3, 0.4) is 0 Å². The van der Waals surface area contributed by atoms with E-state index in [4.69, 9.17) is 0 Å². The number of anilines is 1. The first kappa shape index (κ1) is 13.3. The lowest BCUT2D eigenvalue weighted by atomic mass is 10.0. The van der Waals surface area contributed by atoms with Gasteiger partial charge in [0, 0.05) is 19.0 Å². The second-order valence-electron chi connectivity index (χ2n) is 5.10. The predicted octanol–water partition coefficient (Wildman–Crippen LogP) is 1.73. The summed E-state index contributed by atoms with van der Waals surface area (Å²) in [7, 11) is 0. The molecule has 4 nitrogen and oxygen atoms in total. The molecule has 1 aliphatic heterocycles. The summed E-state index contributed by atoms with van der Waals surface area (Å²) < 4.78 is 0. The van der Waals surface area contributed by atoms with Crippen molar-refractivity contribution in [1.82, 2.24) is 4.98 Å². The highest BCUT2D eigenvalue weighted by atomic mass is 16.3. The van der Waals surface area contributed by atoms with Crippen LogP contribution in [0, 0.1) is 5.92 Å². The summed E-state index contributed by atoms with van der Waals surface area (Å²) in [6.45, 7) is 5.64. The minimum Gasteiger partial charge on any atom is -0.393 e. The molecule has 4 heteroatoms. The molecule has 0 amide bonds. The Morgan fingerprint density at radius 2 is 2.22 bits per heavy atom. The van der Waals surface area contributed by atoms with Crippen LogP contribution < -0.4 is 4.90 Å². The Morgan fingerprint density at radius 1 is 1.44 bits per heavy atom. The van der Waals surface area contributed by atoms with Crippen LogP contribution in [-0.4, -0.2) is 34.4 Å². The van der Waals surface area contributed by atoms with E-state index in [0.29, 0.717) is 12.3 Å². The molecule has 2 unspecified atom stereocenters. The summed E-state index contributed by atoms with van der Waals surface area (Å²) in [4.78, 5) is 6.55. The molecule has 2 rings (SSSR count). The van der Waals surface area contributed by atoms with Crippen LogP contribution in [0.4, 0.5) is 5.69 Å². The van der Waals surface area contributed by atoms with Gasteiger partial charge >= 0.3 is 0 Å². The number of aliphatic hydroxyl groups is 2. The summed E-state index contributed by atoms with van der Waals surface area (Å²) in [5.74, 6) is 0.353. The quantitative estimate of drug-likeness (QED) is 0.854. The molecule has 0 radical (unpaired) electrons. The molecule has 3 atom stereocenters. The van der Waals surface area contributed by atoms with Gasteiger partial charge in [0.25, 0.3) is 0 Å². The van der Waals surface area contributed by atoms with Crippen molar-refractivity contribution in [1.29, 1.82) is 0 Å². The zero-order valence-corrected chi connectivity index (χ0v) is 11.1. The fraction of sp³-hybridized carbons (Fsp3) is 0.643. The maximum absolute atomic E-state index is 9.69. The maximum atomic E-state index is 9.69. The van der Waals surface area contributed by atoms with Gasteiger partial charge in [-0.1, -0.05) is 6.92 Å². The van der Waals surface area contributed by atoms with Gasteiger partial charge < -0.3 is 15.1 Å². The van der Waals surface area contributed by atoms with E-state index in [9.17, 15) is 10.2 Å². The number of aromatic nitrogens is 1. The molecule has 1 saturated heterocycles. The smallest absolute Gasteiger partial charge is 0.0957 e. The first-order valence-corrected chi connectivity index (χ1v) is 6.68. The average molecular weight is 250 g/mol. The lowest BCUT2D eigenvalue weighted by Crippen LogP contribution is -2.24. The lowest BCUT2D eigenvalue weighted by molar-refractivity contribution is 0.136. The van der Waals surface area contributed by atoms with Crippen LogP contribution in [-0.2, 0) is 0 Å². The minimum atomic E-state index is -0.470. The molecule has 18 heavy (non-hydrogen) atoms. The second kappa shape index (κ2) is 5.67. The van der Waals surface area contributed by atoms with E-state index in [2.05, 4.69) is 9.88 Å². The Bertz CT molecular complexity index is 378. The SMILES string of the molecule is CC[C@@H](O)c1ccc(N2CCC(C(C)O)C2)cn1. The molecule has 0 aromatic carbocycles. The van der Waals surface area contributed by atoms with Crippen molar-refractivity contribution in [3.63, 3.8) is 0 Å².